The summed E-state index contributed by atoms with van der Waals surface area (Å²) >= 11 is 0. The minimum atomic E-state index is -0.728. The highest BCUT2D eigenvalue weighted by Crippen LogP contribution is 2.35. The van der Waals surface area contributed by atoms with Crippen molar-refractivity contribution >= 4 is 5.78 Å². The summed E-state index contributed by atoms with van der Waals surface area (Å²) in [5.41, 5.74) is -0.728. The first kappa shape index (κ1) is 10.2. The van der Waals surface area contributed by atoms with Gasteiger partial charge < -0.3 is 4.74 Å². The van der Waals surface area contributed by atoms with Crippen molar-refractivity contribution in [2.24, 2.45) is 5.41 Å². The lowest BCUT2D eigenvalue weighted by Gasteiger charge is -2.28. The fourth-order valence-corrected chi connectivity index (χ4v) is 1.81. The Kier molecular flexibility index (Phi) is 3.44. The Morgan fingerprint density at radius 2 is 2.38 bits per heavy atom. The summed E-state index contributed by atoms with van der Waals surface area (Å²) in [5, 5.41) is 9.01. The number of hydrogen-bond acceptors (Lipinski definition) is 3. The van der Waals surface area contributed by atoms with Crippen molar-refractivity contribution in [1.82, 2.24) is 0 Å². The van der Waals surface area contributed by atoms with E-state index in [9.17, 15) is 4.79 Å². The highest BCUT2D eigenvalue weighted by Gasteiger charge is 2.39. The second kappa shape index (κ2) is 4.38. The third-order valence-corrected chi connectivity index (χ3v) is 2.74. The van der Waals surface area contributed by atoms with Crippen LogP contribution in [0, 0.1) is 16.7 Å². The number of ketones is 1. The van der Waals surface area contributed by atoms with E-state index in [0.29, 0.717) is 25.9 Å². The summed E-state index contributed by atoms with van der Waals surface area (Å²) < 4.78 is 4.92. The smallest absolute Gasteiger partial charge is 0.153 e. The number of Topliss-reactive ketones (excluding diaryl/α,β-unsaturated/α-hetero) is 1. The van der Waals surface area contributed by atoms with Crippen LogP contribution < -0.4 is 0 Å². The number of carbonyl (C=O) groups excluding carboxylic acids is 1. The molecular weight excluding hydrogens is 166 g/mol. The van der Waals surface area contributed by atoms with E-state index in [1.54, 1.807) is 7.11 Å². The number of carbonyl (C=O) groups is 1. The van der Waals surface area contributed by atoms with Gasteiger partial charge in [-0.1, -0.05) is 6.42 Å². The van der Waals surface area contributed by atoms with Crippen LogP contribution in [0.4, 0.5) is 0 Å². The van der Waals surface area contributed by atoms with Gasteiger partial charge in [-0.15, -0.1) is 0 Å². The van der Waals surface area contributed by atoms with Crippen LogP contribution in [-0.4, -0.2) is 19.5 Å². The van der Waals surface area contributed by atoms with Gasteiger partial charge in [-0.25, -0.2) is 0 Å². The lowest BCUT2D eigenvalue weighted by atomic mass is 9.72. The summed E-state index contributed by atoms with van der Waals surface area (Å²) in [4.78, 5) is 11.6. The third-order valence-electron chi connectivity index (χ3n) is 2.74. The van der Waals surface area contributed by atoms with E-state index < -0.39 is 5.41 Å². The average molecular weight is 181 g/mol. The topological polar surface area (TPSA) is 50.1 Å². The number of nitriles is 1. The van der Waals surface area contributed by atoms with Crippen molar-refractivity contribution in [3.05, 3.63) is 0 Å². The third kappa shape index (κ3) is 2.07. The molecule has 0 aromatic heterocycles. The minimum Gasteiger partial charge on any atom is -0.385 e. The molecule has 3 heteroatoms. The second-order valence-corrected chi connectivity index (χ2v) is 3.57. The van der Waals surface area contributed by atoms with E-state index in [1.807, 2.05) is 0 Å². The first-order valence-corrected chi connectivity index (χ1v) is 4.69. The Bertz CT molecular complexity index is 232. The second-order valence-electron chi connectivity index (χ2n) is 3.57. The standard InChI is InChI=1S/C10H15NO2/c1-13-7-6-10(8-11)5-3-2-4-9(10)12/h2-7H2,1H3. The van der Waals surface area contributed by atoms with Gasteiger partial charge in [0.25, 0.3) is 0 Å². The number of methoxy groups -OCH3 is 1. The molecule has 1 saturated carbocycles. The minimum absolute atomic E-state index is 0.110. The maximum Gasteiger partial charge on any atom is 0.153 e. The predicted molar refractivity (Wildman–Crippen MR) is 48.0 cm³/mol. The highest BCUT2D eigenvalue weighted by molar-refractivity contribution is 5.88. The van der Waals surface area contributed by atoms with Crippen LogP contribution in [0.1, 0.15) is 32.1 Å². The van der Waals surface area contributed by atoms with Crippen LogP contribution in [0.15, 0.2) is 0 Å². The summed E-state index contributed by atoms with van der Waals surface area (Å²) in [7, 11) is 1.60. The number of nitrogens with zero attached hydrogens (tertiary/aromatic N) is 1. The van der Waals surface area contributed by atoms with Crippen LogP contribution in [0.25, 0.3) is 0 Å². The van der Waals surface area contributed by atoms with Crippen molar-refractivity contribution in [2.45, 2.75) is 32.1 Å². The zero-order chi connectivity index (χ0) is 9.73. The van der Waals surface area contributed by atoms with Crippen LogP contribution in [0.3, 0.4) is 0 Å². The van der Waals surface area contributed by atoms with Gasteiger partial charge in [0, 0.05) is 20.1 Å². The van der Waals surface area contributed by atoms with E-state index in [4.69, 9.17) is 10.00 Å². The van der Waals surface area contributed by atoms with Crippen LogP contribution in [0.5, 0.6) is 0 Å². The molecule has 1 unspecified atom stereocenters. The summed E-state index contributed by atoms with van der Waals surface area (Å²) in [5.74, 6) is 0.110. The molecule has 13 heavy (non-hydrogen) atoms. The molecule has 0 aromatic rings. The van der Waals surface area contributed by atoms with E-state index in [-0.39, 0.29) is 5.78 Å². The number of rotatable bonds is 3. The molecule has 3 nitrogen and oxygen atoms in total. The first-order chi connectivity index (χ1) is 6.25. The van der Waals surface area contributed by atoms with Crippen LogP contribution in [-0.2, 0) is 9.53 Å². The molecule has 0 bridgehead atoms. The molecule has 1 atom stereocenters. The molecule has 1 fully saturated rings. The Morgan fingerprint density at radius 3 is 2.92 bits per heavy atom. The molecular formula is C10H15NO2. The Balaban J connectivity index is 2.66. The van der Waals surface area contributed by atoms with Gasteiger partial charge in [0.2, 0.25) is 0 Å². The zero-order valence-corrected chi connectivity index (χ0v) is 8.01. The maximum absolute atomic E-state index is 11.6. The Morgan fingerprint density at radius 1 is 1.62 bits per heavy atom. The molecule has 0 radical (unpaired) electrons. The first-order valence-electron chi connectivity index (χ1n) is 4.69. The van der Waals surface area contributed by atoms with Crippen LogP contribution >= 0.6 is 0 Å². The van der Waals surface area contributed by atoms with E-state index in [0.717, 1.165) is 12.8 Å². The van der Waals surface area contributed by atoms with Gasteiger partial charge in [-0.05, 0) is 19.3 Å². The maximum atomic E-state index is 11.6. The van der Waals surface area contributed by atoms with Crippen molar-refractivity contribution in [3.8, 4) is 6.07 Å². The van der Waals surface area contributed by atoms with Gasteiger partial charge in [0.1, 0.15) is 5.41 Å². The molecule has 0 amide bonds. The van der Waals surface area contributed by atoms with Gasteiger partial charge >= 0.3 is 0 Å². The summed E-state index contributed by atoms with van der Waals surface area (Å²) in [6.07, 6.45) is 3.76. The largest absolute Gasteiger partial charge is 0.385 e. The Labute approximate surface area is 78.7 Å². The molecule has 0 aliphatic heterocycles. The molecule has 0 aromatic carbocycles. The SMILES string of the molecule is COCCC1(C#N)CCCCC1=O. The zero-order valence-electron chi connectivity index (χ0n) is 8.01. The lowest BCUT2D eigenvalue weighted by molar-refractivity contribution is -0.129. The molecule has 0 N–H and O–H groups in total. The van der Waals surface area contributed by atoms with Gasteiger partial charge in [-0.3, -0.25) is 4.79 Å². The Hall–Kier alpha value is -0.880. The average Bonchev–Trinajstić information content (AvgIpc) is 2.17. The van der Waals surface area contributed by atoms with E-state index >= 15 is 0 Å². The molecule has 1 rings (SSSR count). The van der Waals surface area contributed by atoms with Gasteiger partial charge in [0.05, 0.1) is 6.07 Å². The predicted octanol–water partition coefficient (Wildman–Crippen LogP) is 1.68. The fraction of sp³-hybridized carbons (Fsp3) is 0.800. The molecule has 0 heterocycles. The molecule has 72 valence electrons. The van der Waals surface area contributed by atoms with Crippen molar-refractivity contribution in [2.75, 3.05) is 13.7 Å². The van der Waals surface area contributed by atoms with Gasteiger partial charge in [-0.2, -0.15) is 5.26 Å². The van der Waals surface area contributed by atoms with E-state index in [2.05, 4.69) is 6.07 Å². The molecule has 0 spiro atoms. The number of ether oxygens (including phenoxy) is 1. The molecule has 1 aliphatic carbocycles. The summed E-state index contributed by atoms with van der Waals surface area (Å²) in [6.45, 7) is 0.499. The van der Waals surface area contributed by atoms with Gasteiger partial charge in [0.15, 0.2) is 5.78 Å². The van der Waals surface area contributed by atoms with E-state index in [1.165, 1.54) is 0 Å². The van der Waals surface area contributed by atoms with Crippen LogP contribution in [0.2, 0.25) is 0 Å². The highest BCUT2D eigenvalue weighted by atomic mass is 16.5. The van der Waals surface area contributed by atoms with Crippen molar-refractivity contribution < 1.29 is 9.53 Å². The van der Waals surface area contributed by atoms with Crippen molar-refractivity contribution in [1.29, 1.82) is 5.26 Å². The quantitative estimate of drug-likeness (QED) is 0.665. The fourth-order valence-electron chi connectivity index (χ4n) is 1.81. The normalized spacial score (nSPS) is 28.5. The monoisotopic (exact) mass is 181 g/mol. The molecule has 1 aliphatic rings. The molecule has 0 saturated heterocycles. The summed E-state index contributed by atoms with van der Waals surface area (Å²) in [6, 6.07) is 2.17. The number of hydrogen-bond donors (Lipinski definition) is 0. The lowest BCUT2D eigenvalue weighted by Crippen LogP contribution is -2.33. The van der Waals surface area contributed by atoms with Crippen molar-refractivity contribution in [3.63, 3.8) is 0 Å².